The van der Waals surface area contributed by atoms with E-state index in [4.69, 9.17) is 5.73 Å². The summed E-state index contributed by atoms with van der Waals surface area (Å²) in [6.07, 6.45) is -1.79. The summed E-state index contributed by atoms with van der Waals surface area (Å²) < 4.78 is 37.8. The zero-order valence-corrected chi connectivity index (χ0v) is 9.93. The molecule has 0 unspecified atom stereocenters. The molecule has 1 aromatic carbocycles. The van der Waals surface area contributed by atoms with E-state index in [9.17, 15) is 13.2 Å². The van der Waals surface area contributed by atoms with Crippen LogP contribution in [0, 0.1) is 5.41 Å². The van der Waals surface area contributed by atoms with Crippen LogP contribution in [-0.2, 0) is 12.7 Å². The van der Waals surface area contributed by atoms with E-state index in [2.05, 4.69) is 4.90 Å². The minimum Gasteiger partial charge on any atom is -0.370 e. The summed E-state index contributed by atoms with van der Waals surface area (Å²) >= 11 is 0. The largest absolute Gasteiger partial charge is 0.416 e. The van der Waals surface area contributed by atoms with Crippen LogP contribution in [0.2, 0.25) is 0 Å². The van der Waals surface area contributed by atoms with E-state index >= 15 is 0 Å². The van der Waals surface area contributed by atoms with Gasteiger partial charge in [-0.1, -0.05) is 0 Å². The minimum atomic E-state index is -4.30. The summed E-state index contributed by atoms with van der Waals surface area (Å²) in [6, 6.07) is 3.87. The van der Waals surface area contributed by atoms with Crippen LogP contribution in [-0.4, -0.2) is 13.1 Å². The van der Waals surface area contributed by atoms with Crippen LogP contribution in [0.1, 0.15) is 24.0 Å². The Morgan fingerprint density at radius 1 is 1.22 bits per heavy atom. The van der Waals surface area contributed by atoms with E-state index in [0.717, 1.165) is 24.8 Å². The molecule has 2 fully saturated rings. The molecule has 2 nitrogen and oxygen atoms in total. The Hall–Kier alpha value is -1.23. The number of hydrogen-bond donors (Lipinski definition) is 1. The number of hydrogen-bond acceptors (Lipinski definition) is 2. The molecule has 18 heavy (non-hydrogen) atoms. The van der Waals surface area contributed by atoms with Crippen molar-refractivity contribution in [2.24, 2.45) is 11.1 Å². The maximum Gasteiger partial charge on any atom is 0.416 e. The maximum atomic E-state index is 12.6. The monoisotopic (exact) mass is 256 g/mol. The highest BCUT2D eigenvalue weighted by Crippen LogP contribution is 2.54. The highest BCUT2D eigenvalue weighted by Gasteiger charge is 2.52. The molecule has 3 rings (SSSR count). The fraction of sp³-hybridized carbons (Fsp3) is 0.538. The molecule has 1 aliphatic carbocycles. The fourth-order valence-electron chi connectivity index (χ4n) is 2.66. The van der Waals surface area contributed by atoms with Gasteiger partial charge in [0.15, 0.2) is 0 Å². The van der Waals surface area contributed by atoms with Crippen molar-refractivity contribution >= 4 is 5.69 Å². The summed E-state index contributed by atoms with van der Waals surface area (Å²) in [7, 11) is 0. The Morgan fingerprint density at radius 3 is 2.39 bits per heavy atom. The van der Waals surface area contributed by atoms with Gasteiger partial charge < -0.3 is 10.6 Å². The Labute approximate surface area is 104 Å². The lowest BCUT2D eigenvalue weighted by Crippen LogP contribution is -2.49. The van der Waals surface area contributed by atoms with Crippen LogP contribution in [0.25, 0.3) is 0 Å². The van der Waals surface area contributed by atoms with E-state index in [1.807, 2.05) is 0 Å². The maximum absolute atomic E-state index is 12.6. The normalized spacial score (nSPS) is 21.0. The van der Waals surface area contributed by atoms with Gasteiger partial charge in [-0.2, -0.15) is 13.2 Å². The number of nitrogens with zero attached hydrogens (tertiary/aromatic N) is 1. The zero-order chi connectivity index (χ0) is 13.0. The van der Waals surface area contributed by atoms with Crippen LogP contribution < -0.4 is 10.6 Å². The molecule has 1 aliphatic heterocycles. The molecule has 0 amide bonds. The summed E-state index contributed by atoms with van der Waals surface area (Å²) in [4.78, 5) is 2.13. The molecular formula is C13H15F3N2. The second-order valence-electron chi connectivity index (χ2n) is 5.40. The van der Waals surface area contributed by atoms with Crippen molar-refractivity contribution in [1.82, 2.24) is 0 Å². The zero-order valence-electron chi connectivity index (χ0n) is 9.93. The molecule has 1 spiro atoms. The quantitative estimate of drug-likeness (QED) is 0.881. The van der Waals surface area contributed by atoms with Crippen molar-refractivity contribution in [1.29, 1.82) is 0 Å². The van der Waals surface area contributed by atoms with Crippen molar-refractivity contribution in [3.63, 3.8) is 0 Å². The lowest BCUT2D eigenvalue weighted by molar-refractivity contribution is -0.137. The van der Waals surface area contributed by atoms with Crippen molar-refractivity contribution in [2.75, 3.05) is 18.0 Å². The van der Waals surface area contributed by atoms with Gasteiger partial charge in [-0.15, -0.1) is 0 Å². The first-order chi connectivity index (χ1) is 8.43. The summed E-state index contributed by atoms with van der Waals surface area (Å²) in [5, 5.41) is 0. The number of rotatable bonds is 2. The molecular weight excluding hydrogens is 241 g/mol. The number of benzene rings is 1. The van der Waals surface area contributed by atoms with Crippen LogP contribution in [0.3, 0.4) is 0 Å². The van der Waals surface area contributed by atoms with Gasteiger partial charge in [0.05, 0.1) is 5.56 Å². The van der Waals surface area contributed by atoms with E-state index < -0.39 is 11.7 Å². The summed E-state index contributed by atoms with van der Waals surface area (Å²) in [6.45, 7) is 2.07. The van der Waals surface area contributed by atoms with Gasteiger partial charge in [0.2, 0.25) is 0 Å². The SMILES string of the molecule is NCc1cc(C(F)(F)F)ccc1N1CC2(CC2)C1. The van der Waals surface area contributed by atoms with Crippen LogP contribution in [0.5, 0.6) is 0 Å². The van der Waals surface area contributed by atoms with Crippen molar-refractivity contribution in [3.05, 3.63) is 29.3 Å². The minimum absolute atomic E-state index is 0.142. The van der Waals surface area contributed by atoms with Crippen molar-refractivity contribution in [2.45, 2.75) is 25.6 Å². The van der Waals surface area contributed by atoms with Gasteiger partial charge in [-0.05, 0) is 36.6 Å². The molecule has 1 saturated heterocycles. The molecule has 98 valence electrons. The van der Waals surface area contributed by atoms with Crippen molar-refractivity contribution < 1.29 is 13.2 Å². The molecule has 0 atom stereocenters. The molecule has 2 aliphatic rings. The molecule has 1 aromatic rings. The van der Waals surface area contributed by atoms with Gasteiger partial charge in [-0.3, -0.25) is 0 Å². The predicted octanol–water partition coefficient (Wildman–Crippen LogP) is 2.76. The number of anilines is 1. The number of halogens is 3. The van der Waals surface area contributed by atoms with Crippen molar-refractivity contribution in [3.8, 4) is 0 Å². The van der Waals surface area contributed by atoms with E-state index in [1.54, 1.807) is 6.07 Å². The Balaban J connectivity index is 1.86. The molecule has 0 aromatic heterocycles. The first-order valence-corrected chi connectivity index (χ1v) is 6.09. The van der Waals surface area contributed by atoms with Crippen LogP contribution >= 0.6 is 0 Å². The smallest absolute Gasteiger partial charge is 0.370 e. The molecule has 0 radical (unpaired) electrons. The summed E-state index contributed by atoms with van der Waals surface area (Å²) in [5.41, 5.74) is 6.88. The van der Waals surface area contributed by atoms with E-state index in [-0.39, 0.29) is 6.54 Å². The Morgan fingerprint density at radius 2 is 1.89 bits per heavy atom. The topological polar surface area (TPSA) is 29.3 Å². The van der Waals surface area contributed by atoms with Gasteiger partial charge >= 0.3 is 6.18 Å². The molecule has 2 N–H and O–H groups in total. The van der Waals surface area contributed by atoms with E-state index in [1.165, 1.54) is 18.9 Å². The third-order valence-electron chi connectivity index (χ3n) is 3.98. The third-order valence-corrected chi connectivity index (χ3v) is 3.98. The van der Waals surface area contributed by atoms with Gasteiger partial charge in [0, 0.05) is 30.7 Å². The van der Waals surface area contributed by atoms with Gasteiger partial charge in [0.1, 0.15) is 0 Å². The lowest BCUT2D eigenvalue weighted by Gasteiger charge is -2.43. The second-order valence-corrected chi connectivity index (χ2v) is 5.40. The fourth-order valence-corrected chi connectivity index (χ4v) is 2.66. The predicted molar refractivity (Wildman–Crippen MR) is 63.2 cm³/mol. The standard InChI is InChI=1S/C13H15F3N2/c14-13(15,16)10-1-2-11(9(5-10)6-17)18-7-12(8-18)3-4-12/h1-2,5H,3-4,6-8,17H2. The number of alkyl halides is 3. The number of nitrogens with two attached hydrogens (primary N) is 1. The van der Waals surface area contributed by atoms with Crippen LogP contribution in [0.4, 0.5) is 18.9 Å². The molecule has 5 heteroatoms. The summed E-state index contributed by atoms with van der Waals surface area (Å²) in [5.74, 6) is 0. The highest BCUT2D eigenvalue weighted by molar-refractivity contribution is 5.58. The second kappa shape index (κ2) is 3.63. The first kappa shape index (κ1) is 11.8. The Kier molecular flexibility index (Phi) is 2.39. The average Bonchev–Trinajstić information content (AvgIpc) is 3.05. The Bertz CT molecular complexity index is 470. The highest BCUT2D eigenvalue weighted by atomic mass is 19.4. The molecule has 1 saturated carbocycles. The lowest BCUT2D eigenvalue weighted by atomic mass is 9.94. The molecule has 0 bridgehead atoms. The van der Waals surface area contributed by atoms with Crippen LogP contribution in [0.15, 0.2) is 18.2 Å². The van der Waals surface area contributed by atoms with Gasteiger partial charge in [-0.25, -0.2) is 0 Å². The third kappa shape index (κ3) is 1.86. The van der Waals surface area contributed by atoms with E-state index in [0.29, 0.717) is 11.0 Å². The first-order valence-electron chi connectivity index (χ1n) is 6.09. The molecule has 1 heterocycles. The van der Waals surface area contributed by atoms with Gasteiger partial charge in [0.25, 0.3) is 0 Å². The average molecular weight is 256 g/mol.